The molecule has 6 nitrogen and oxygen atoms in total. The maximum absolute atomic E-state index is 12.5. The number of methoxy groups -OCH3 is 1. The minimum atomic E-state index is -0.0870. The highest BCUT2D eigenvalue weighted by Crippen LogP contribution is 2.24. The average Bonchev–Trinajstić information content (AvgIpc) is 3.24. The van der Waals surface area contributed by atoms with E-state index in [4.69, 9.17) is 20.8 Å². The topological polar surface area (TPSA) is 71.8 Å². The molecule has 148 valence electrons. The summed E-state index contributed by atoms with van der Waals surface area (Å²) in [6, 6.07) is 8.86. The molecule has 1 N–H and O–H groups in total. The quantitative estimate of drug-likeness (QED) is 0.750. The zero-order chi connectivity index (χ0) is 19.9. The molecule has 0 aliphatic carbocycles. The molecule has 2 amide bonds. The molecular formula is C21H23ClN2O4. The van der Waals surface area contributed by atoms with Gasteiger partial charge in [-0.15, -0.1) is 0 Å². The summed E-state index contributed by atoms with van der Waals surface area (Å²) in [6.45, 7) is 1.48. The van der Waals surface area contributed by atoms with Gasteiger partial charge in [-0.3, -0.25) is 9.59 Å². The van der Waals surface area contributed by atoms with Gasteiger partial charge in [0.1, 0.15) is 11.5 Å². The lowest BCUT2D eigenvalue weighted by atomic mass is 9.96. The summed E-state index contributed by atoms with van der Waals surface area (Å²) in [5.41, 5.74) is 0.746. The first-order valence-electron chi connectivity index (χ1n) is 9.17. The van der Waals surface area contributed by atoms with Crippen molar-refractivity contribution in [1.29, 1.82) is 0 Å². The van der Waals surface area contributed by atoms with Crippen molar-refractivity contribution in [2.75, 3.05) is 20.2 Å². The number of furan rings is 1. The highest BCUT2D eigenvalue weighted by molar-refractivity contribution is 6.30. The maximum Gasteiger partial charge on any atom is 0.246 e. The minimum absolute atomic E-state index is 0.00250. The van der Waals surface area contributed by atoms with E-state index in [1.165, 1.54) is 6.08 Å². The van der Waals surface area contributed by atoms with Gasteiger partial charge in [-0.1, -0.05) is 11.6 Å². The van der Waals surface area contributed by atoms with Crippen LogP contribution < -0.4 is 10.1 Å². The van der Waals surface area contributed by atoms with Crippen molar-refractivity contribution in [3.63, 3.8) is 0 Å². The Morgan fingerprint density at radius 2 is 2.11 bits per heavy atom. The number of halogens is 1. The molecule has 1 saturated heterocycles. The number of hydrogen-bond acceptors (Lipinski definition) is 4. The molecular weight excluding hydrogens is 380 g/mol. The smallest absolute Gasteiger partial charge is 0.246 e. The molecule has 0 unspecified atom stereocenters. The van der Waals surface area contributed by atoms with Crippen LogP contribution in [0.25, 0.3) is 6.08 Å². The van der Waals surface area contributed by atoms with Gasteiger partial charge in [-0.25, -0.2) is 0 Å². The summed E-state index contributed by atoms with van der Waals surface area (Å²) in [5, 5.41) is 3.46. The van der Waals surface area contributed by atoms with Gasteiger partial charge < -0.3 is 19.4 Å². The summed E-state index contributed by atoms with van der Waals surface area (Å²) in [4.78, 5) is 26.5. The van der Waals surface area contributed by atoms with Crippen molar-refractivity contribution in [3.05, 3.63) is 59.0 Å². The lowest BCUT2D eigenvalue weighted by molar-refractivity contribution is -0.132. The van der Waals surface area contributed by atoms with Crippen LogP contribution in [-0.4, -0.2) is 36.9 Å². The van der Waals surface area contributed by atoms with Crippen molar-refractivity contribution in [2.45, 2.75) is 19.4 Å². The monoisotopic (exact) mass is 402 g/mol. The first kappa shape index (κ1) is 20.0. The van der Waals surface area contributed by atoms with Crippen molar-refractivity contribution in [3.8, 4) is 5.75 Å². The zero-order valence-electron chi connectivity index (χ0n) is 15.7. The molecule has 7 heteroatoms. The molecule has 0 saturated carbocycles. The molecule has 2 heterocycles. The Morgan fingerprint density at radius 1 is 1.32 bits per heavy atom. The van der Waals surface area contributed by atoms with Crippen molar-refractivity contribution in [2.24, 2.45) is 5.92 Å². The number of hydrogen-bond donors (Lipinski definition) is 1. The molecule has 1 aliphatic heterocycles. The molecule has 1 aromatic heterocycles. The van der Waals surface area contributed by atoms with E-state index in [-0.39, 0.29) is 17.7 Å². The van der Waals surface area contributed by atoms with Crippen LogP contribution >= 0.6 is 11.6 Å². The van der Waals surface area contributed by atoms with E-state index in [1.807, 2.05) is 6.07 Å². The van der Waals surface area contributed by atoms with Gasteiger partial charge in [-0.2, -0.15) is 0 Å². The molecule has 1 fully saturated rings. The number of rotatable bonds is 6. The van der Waals surface area contributed by atoms with Crippen LogP contribution in [0, 0.1) is 5.92 Å². The summed E-state index contributed by atoms with van der Waals surface area (Å²) < 4.78 is 10.5. The summed E-state index contributed by atoms with van der Waals surface area (Å²) >= 11 is 6.01. The van der Waals surface area contributed by atoms with Gasteiger partial charge in [0.15, 0.2) is 0 Å². The predicted octanol–water partition coefficient (Wildman–Crippen LogP) is 3.51. The molecule has 0 radical (unpaired) electrons. The molecule has 0 spiro atoms. The van der Waals surface area contributed by atoms with Gasteiger partial charge >= 0.3 is 0 Å². The summed E-state index contributed by atoms with van der Waals surface area (Å²) in [5.74, 6) is 1.21. The van der Waals surface area contributed by atoms with E-state index in [2.05, 4.69) is 5.32 Å². The normalized spacial score (nSPS) is 15.0. The highest BCUT2D eigenvalue weighted by atomic mass is 35.5. The molecule has 1 aromatic carbocycles. The molecule has 0 atom stereocenters. The standard InChI is InChI=1S/C21H23ClN2O4/c1-27-19-6-5-17(22)13-16(19)4-7-20(25)24-10-8-15(9-11-24)21(26)23-14-18-3-2-12-28-18/h2-7,12-13,15H,8-11,14H2,1H3,(H,23,26)/b7-4+. The van der Waals surface area contributed by atoms with Crippen LogP contribution in [0.15, 0.2) is 47.1 Å². The van der Waals surface area contributed by atoms with Crippen LogP contribution in [0.2, 0.25) is 5.02 Å². The highest BCUT2D eigenvalue weighted by Gasteiger charge is 2.26. The number of likely N-dealkylation sites (tertiary alicyclic amines) is 1. The second-order valence-corrected chi connectivity index (χ2v) is 7.05. The fraction of sp³-hybridized carbons (Fsp3) is 0.333. The number of benzene rings is 1. The van der Waals surface area contributed by atoms with Crippen LogP contribution in [0.5, 0.6) is 5.75 Å². The Hall–Kier alpha value is -2.73. The molecule has 28 heavy (non-hydrogen) atoms. The number of nitrogens with zero attached hydrogens (tertiary/aromatic N) is 1. The van der Waals surface area contributed by atoms with Crippen LogP contribution in [0.4, 0.5) is 0 Å². The summed E-state index contributed by atoms with van der Waals surface area (Å²) in [6.07, 6.45) is 6.09. The van der Waals surface area contributed by atoms with Crippen molar-refractivity contribution < 1.29 is 18.7 Å². The van der Waals surface area contributed by atoms with E-state index < -0.39 is 0 Å². The second-order valence-electron chi connectivity index (χ2n) is 6.62. The predicted molar refractivity (Wildman–Crippen MR) is 107 cm³/mol. The molecule has 2 aromatic rings. The number of carbonyl (C=O) groups is 2. The van der Waals surface area contributed by atoms with Gasteiger partial charge in [0.2, 0.25) is 11.8 Å². The van der Waals surface area contributed by atoms with Crippen LogP contribution in [-0.2, 0) is 16.1 Å². The number of piperidine rings is 1. The lowest BCUT2D eigenvalue weighted by Gasteiger charge is -2.30. The van der Waals surface area contributed by atoms with Gasteiger partial charge in [0.05, 0.1) is 19.9 Å². The molecule has 0 bridgehead atoms. The second kappa shape index (κ2) is 9.46. The van der Waals surface area contributed by atoms with E-state index in [0.29, 0.717) is 43.2 Å². The third-order valence-corrected chi connectivity index (χ3v) is 5.03. The van der Waals surface area contributed by atoms with E-state index in [0.717, 1.165) is 11.3 Å². The van der Waals surface area contributed by atoms with Crippen LogP contribution in [0.1, 0.15) is 24.2 Å². The Kier molecular flexibility index (Phi) is 6.76. The van der Waals surface area contributed by atoms with Gasteiger partial charge in [0.25, 0.3) is 0 Å². The number of ether oxygens (including phenoxy) is 1. The first-order valence-corrected chi connectivity index (χ1v) is 9.55. The number of carbonyl (C=O) groups excluding carboxylic acids is 2. The molecule has 1 aliphatic rings. The largest absolute Gasteiger partial charge is 0.496 e. The maximum atomic E-state index is 12.5. The Labute approximate surface area is 169 Å². The number of nitrogens with one attached hydrogen (secondary N) is 1. The SMILES string of the molecule is COc1ccc(Cl)cc1/C=C/C(=O)N1CCC(C(=O)NCc2ccco2)CC1. The van der Waals surface area contributed by atoms with E-state index >= 15 is 0 Å². The first-order chi connectivity index (χ1) is 13.6. The Balaban J connectivity index is 1.49. The third-order valence-electron chi connectivity index (χ3n) is 4.79. The van der Waals surface area contributed by atoms with Gasteiger partial charge in [-0.05, 0) is 49.2 Å². The molecule has 3 rings (SSSR count). The Morgan fingerprint density at radius 3 is 2.79 bits per heavy atom. The van der Waals surface area contributed by atoms with Crippen molar-refractivity contribution >= 4 is 29.5 Å². The fourth-order valence-corrected chi connectivity index (χ4v) is 3.38. The lowest BCUT2D eigenvalue weighted by Crippen LogP contribution is -2.42. The van der Waals surface area contributed by atoms with E-state index in [9.17, 15) is 9.59 Å². The summed E-state index contributed by atoms with van der Waals surface area (Å²) in [7, 11) is 1.57. The van der Waals surface area contributed by atoms with E-state index in [1.54, 1.807) is 48.6 Å². The third kappa shape index (κ3) is 5.16. The number of amides is 2. The zero-order valence-corrected chi connectivity index (χ0v) is 16.4. The fourth-order valence-electron chi connectivity index (χ4n) is 3.20. The van der Waals surface area contributed by atoms with Crippen LogP contribution in [0.3, 0.4) is 0 Å². The Bertz CT molecular complexity index is 840. The van der Waals surface area contributed by atoms with Gasteiger partial charge in [0, 0.05) is 35.7 Å². The van der Waals surface area contributed by atoms with Crippen molar-refractivity contribution in [1.82, 2.24) is 10.2 Å². The minimum Gasteiger partial charge on any atom is -0.496 e. The average molecular weight is 403 g/mol.